The summed E-state index contributed by atoms with van der Waals surface area (Å²) in [6.45, 7) is 6.82. The molecule has 1 spiro atoms. The Morgan fingerprint density at radius 2 is 1.95 bits per heavy atom. The van der Waals surface area contributed by atoms with E-state index in [2.05, 4.69) is 25.2 Å². The topological polar surface area (TPSA) is 32.3 Å². The predicted molar refractivity (Wildman–Crippen MR) is 85.6 cm³/mol. The highest BCUT2D eigenvalue weighted by Crippen LogP contribution is 2.51. The summed E-state index contributed by atoms with van der Waals surface area (Å²) in [5, 5.41) is 4.17. The first-order chi connectivity index (χ1) is 10.1. The summed E-state index contributed by atoms with van der Waals surface area (Å²) in [4.78, 5) is 15.1. The average Bonchev–Trinajstić information content (AvgIpc) is 2.74. The summed E-state index contributed by atoms with van der Waals surface area (Å²) in [5.74, 6) is 0.534. The van der Waals surface area contributed by atoms with E-state index in [1.54, 1.807) is 0 Å². The standard InChI is InChI=1S/C17H23ClN2O/c1-12(2)20-11-14(13-5-3-4-6-15(13)18)17(16(20)21)7-9-19-10-8-17/h3-6,12,14,19H,7-11H2,1-2H3. The van der Waals surface area contributed by atoms with Gasteiger partial charge in [-0.15, -0.1) is 0 Å². The minimum absolute atomic E-state index is 0.211. The van der Waals surface area contributed by atoms with Crippen LogP contribution in [-0.2, 0) is 4.79 Å². The van der Waals surface area contributed by atoms with Crippen LogP contribution in [0.3, 0.4) is 0 Å². The molecule has 114 valence electrons. The van der Waals surface area contributed by atoms with E-state index in [-0.39, 0.29) is 17.4 Å². The molecule has 1 N–H and O–H groups in total. The number of likely N-dealkylation sites (tertiary alicyclic amines) is 1. The summed E-state index contributed by atoms with van der Waals surface area (Å²) >= 11 is 6.44. The first-order valence-corrected chi connectivity index (χ1v) is 8.20. The Balaban J connectivity index is 2.04. The lowest BCUT2D eigenvalue weighted by Crippen LogP contribution is -2.45. The van der Waals surface area contributed by atoms with Crippen LogP contribution in [0.4, 0.5) is 0 Å². The van der Waals surface area contributed by atoms with Crippen molar-refractivity contribution >= 4 is 17.5 Å². The molecular formula is C17H23ClN2O. The molecule has 0 aromatic heterocycles. The molecule has 21 heavy (non-hydrogen) atoms. The highest BCUT2D eigenvalue weighted by molar-refractivity contribution is 6.31. The Kier molecular flexibility index (Phi) is 3.98. The van der Waals surface area contributed by atoms with Crippen LogP contribution >= 0.6 is 11.6 Å². The third kappa shape index (κ3) is 2.36. The number of amides is 1. The van der Waals surface area contributed by atoms with Crippen molar-refractivity contribution in [2.75, 3.05) is 19.6 Å². The molecule has 1 atom stereocenters. The summed E-state index contributed by atoms with van der Waals surface area (Å²) < 4.78 is 0. The second-order valence-corrected chi connectivity index (χ2v) is 6.94. The third-order valence-corrected chi connectivity index (χ3v) is 5.48. The molecule has 3 nitrogen and oxygen atoms in total. The van der Waals surface area contributed by atoms with Crippen LogP contribution in [-0.4, -0.2) is 36.5 Å². The minimum atomic E-state index is -0.263. The lowest BCUT2D eigenvalue weighted by molar-refractivity contribution is -0.139. The number of piperidine rings is 1. The molecule has 2 fully saturated rings. The van der Waals surface area contributed by atoms with E-state index in [1.165, 1.54) is 0 Å². The molecule has 0 radical (unpaired) electrons. The van der Waals surface area contributed by atoms with Gasteiger partial charge in [-0.05, 0) is 51.4 Å². The van der Waals surface area contributed by atoms with Gasteiger partial charge in [0.25, 0.3) is 0 Å². The Morgan fingerprint density at radius 1 is 1.29 bits per heavy atom. The number of rotatable bonds is 2. The maximum atomic E-state index is 13.1. The molecule has 0 aliphatic carbocycles. The number of carbonyl (C=O) groups is 1. The highest BCUT2D eigenvalue weighted by atomic mass is 35.5. The second kappa shape index (κ2) is 5.62. The zero-order valence-corrected chi connectivity index (χ0v) is 13.5. The van der Waals surface area contributed by atoms with Gasteiger partial charge < -0.3 is 10.2 Å². The number of hydrogen-bond donors (Lipinski definition) is 1. The maximum Gasteiger partial charge on any atom is 0.229 e. The monoisotopic (exact) mass is 306 g/mol. The summed E-state index contributed by atoms with van der Waals surface area (Å²) in [5.41, 5.74) is 0.873. The van der Waals surface area contributed by atoms with Crippen molar-refractivity contribution in [3.05, 3.63) is 34.9 Å². The number of hydrogen-bond acceptors (Lipinski definition) is 2. The molecule has 0 saturated carbocycles. The summed E-state index contributed by atoms with van der Waals surface area (Å²) in [7, 11) is 0. The lowest BCUT2D eigenvalue weighted by Gasteiger charge is -2.37. The maximum absolute atomic E-state index is 13.1. The van der Waals surface area contributed by atoms with E-state index in [0.717, 1.165) is 43.1 Å². The molecule has 0 bridgehead atoms. The van der Waals surface area contributed by atoms with E-state index in [9.17, 15) is 4.79 Å². The van der Waals surface area contributed by atoms with E-state index in [0.29, 0.717) is 5.91 Å². The molecule has 2 aliphatic heterocycles. The largest absolute Gasteiger partial charge is 0.339 e. The van der Waals surface area contributed by atoms with Gasteiger partial charge in [-0.25, -0.2) is 0 Å². The fraction of sp³-hybridized carbons (Fsp3) is 0.588. The van der Waals surface area contributed by atoms with Crippen LogP contribution in [0.2, 0.25) is 5.02 Å². The molecule has 2 heterocycles. The van der Waals surface area contributed by atoms with Gasteiger partial charge in [-0.2, -0.15) is 0 Å². The SMILES string of the molecule is CC(C)N1CC(c2ccccc2Cl)C2(CCNCC2)C1=O. The van der Waals surface area contributed by atoms with Crippen molar-refractivity contribution in [1.82, 2.24) is 10.2 Å². The van der Waals surface area contributed by atoms with E-state index < -0.39 is 0 Å². The Morgan fingerprint density at radius 3 is 2.57 bits per heavy atom. The van der Waals surface area contributed by atoms with Gasteiger partial charge in [0.2, 0.25) is 5.91 Å². The van der Waals surface area contributed by atoms with Crippen molar-refractivity contribution in [3.63, 3.8) is 0 Å². The highest BCUT2D eigenvalue weighted by Gasteiger charge is 2.55. The first kappa shape index (κ1) is 14.9. The Bertz CT molecular complexity index is 537. The van der Waals surface area contributed by atoms with Crippen LogP contribution in [0, 0.1) is 5.41 Å². The van der Waals surface area contributed by atoms with Gasteiger partial charge in [-0.3, -0.25) is 4.79 Å². The second-order valence-electron chi connectivity index (χ2n) is 6.53. The smallest absolute Gasteiger partial charge is 0.229 e. The molecule has 1 unspecified atom stereocenters. The van der Waals surface area contributed by atoms with Crippen molar-refractivity contribution in [3.8, 4) is 0 Å². The fourth-order valence-electron chi connectivity index (χ4n) is 3.92. The molecule has 1 aromatic carbocycles. The van der Waals surface area contributed by atoms with Crippen LogP contribution in [0.15, 0.2) is 24.3 Å². The number of carbonyl (C=O) groups excluding carboxylic acids is 1. The third-order valence-electron chi connectivity index (χ3n) is 5.13. The molecule has 2 aliphatic rings. The fourth-order valence-corrected chi connectivity index (χ4v) is 4.19. The number of halogens is 1. The molecule has 2 saturated heterocycles. The number of nitrogens with one attached hydrogen (secondary N) is 1. The number of benzene rings is 1. The predicted octanol–water partition coefficient (Wildman–Crippen LogP) is 3.04. The van der Waals surface area contributed by atoms with Crippen LogP contribution in [0.25, 0.3) is 0 Å². The van der Waals surface area contributed by atoms with Crippen molar-refractivity contribution < 1.29 is 4.79 Å². The molecule has 4 heteroatoms. The quantitative estimate of drug-likeness (QED) is 0.911. The zero-order valence-electron chi connectivity index (χ0n) is 12.7. The normalized spacial score (nSPS) is 25.0. The van der Waals surface area contributed by atoms with E-state index in [1.807, 2.05) is 23.1 Å². The lowest BCUT2D eigenvalue weighted by atomic mass is 9.68. The van der Waals surface area contributed by atoms with Gasteiger partial charge in [-0.1, -0.05) is 29.8 Å². The number of nitrogens with zero attached hydrogens (tertiary/aromatic N) is 1. The molecule has 3 rings (SSSR count). The van der Waals surface area contributed by atoms with Crippen LogP contribution in [0.1, 0.15) is 38.2 Å². The molecule has 1 aromatic rings. The van der Waals surface area contributed by atoms with Gasteiger partial charge >= 0.3 is 0 Å². The minimum Gasteiger partial charge on any atom is -0.339 e. The van der Waals surface area contributed by atoms with Crippen molar-refractivity contribution in [2.45, 2.75) is 38.6 Å². The van der Waals surface area contributed by atoms with E-state index in [4.69, 9.17) is 11.6 Å². The average molecular weight is 307 g/mol. The van der Waals surface area contributed by atoms with Gasteiger partial charge in [0.05, 0.1) is 5.41 Å². The first-order valence-electron chi connectivity index (χ1n) is 7.82. The van der Waals surface area contributed by atoms with Crippen LogP contribution in [0.5, 0.6) is 0 Å². The van der Waals surface area contributed by atoms with Crippen LogP contribution < -0.4 is 5.32 Å². The summed E-state index contributed by atoms with van der Waals surface area (Å²) in [6.07, 6.45) is 1.82. The van der Waals surface area contributed by atoms with Gasteiger partial charge in [0.1, 0.15) is 0 Å². The Labute approximate surface area is 131 Å². The Hall–Kier alpha value is -1.06. The van der Waals surface area contributed by atoms with E-state index >= 15 is 0 Å². The van der Waals surface area contributed by atoms with Gasteiger partial charge in [0.15, 0.2) is 0 Å². The van der Waals surface area contributed by atoms with Crippen molar-refractivity contribution in [1.29, 1.82) is 0 Å². The van der Waals surface area contributed by atoms with Gasteiger partial charge in [0, 0.05) is 23.5 Å². The van der Waals surface area contributed by atoms with Crippen molar-refractivity contribution in [2.24, 2.45) is 5.41 Å². The molecule has 1 amide bonds. The molecular weight excluding hydrogens is 284 g/mol. The zero-order chi connectivity index (χ0) is 15.0. The summed E-state index contributed by atoms with van der Waals surface area (Å²) in [6, 6.07) is 8.26.